The van der Waals surface area contributed by atoms with Crippen LogP contribution in [-0.4, -0.2) is 8.42 Å². The molecule has 2 aromatic rings. The molecule has 0 fully saturated rings. The Morgan fingerprint density at radius 1 is 1.05 bits per heavy atom. The molecule has 2 aromatic carbocycles. The van der Waals surface area contributed by atoms with Crippen LogP contribution < -0.4 is 10.5 Å². The van der Waals surface area contributed by atoms with E-state index in [0.717, 1.165) is 18.2 Å². The quantitative estimate of drug-likeness (QED) is 0.855. The molecule has 0 radical (unpaired) electrons. The van der Waals surface area contributed by atoms with Crippen molar-refractivity contribution in [2.75, 3.05) is 10.5 Å². The number of hydrogen-bond donors (Lipinski definition) is 2. The Bertz CT molecular complexity index is 807. The maximum atomic E-state index is 13.7. The molecule has 2 rings (SSSR count). The van der Waals surface area contributed by atoms with Gasteiger partial charge in [0.05, 0.1) is 5.69 Å². The molecule has 8 heteroatoms. The minimum Gasteiger partial charge on any atom is -0.394 e. The first-order valence-corrected chi connectivity index (χ1v) is 7.23. The van der Waals surface area contributed by atoms with Crippen molar-refractivity contribution in [3.63, 3.8) is 0 Å². The van der Waals surface area contributed by atoms with Crippen LogP contribution in [0.25, 0.3) is 0 Å². The van der Waals surface area contributed by atoms with Crippen molar-refractivity contribution < 1.29 is 21.6 Å². The second kappa shape index (κ2) is 5.28. The van der Waals surface area contributed by atoms with E-state index in [1.165, 1.54) is 19.1 Å². The highest BCUT2D eigenvalue weighted by Gasteiger charge is 2.22. The normalized spacial score (nSPS) is 11.4. The van der Waals surface area contributed by atoms with Crippen LogP contribution in [0.4, 0.5) is 24.5 Å². The van der Waals surface area contributed by atoms with Crippen LogP contribution in [0.2, 0.25) is 0 Å². The molecule has 0 amide bonds. The van der Waals surface area contributed by atoms with E-state index in [2.05, 4.69) is 0 Å². The van der Waals surface area contributed by atoms with Gasteiger partial charge >= 0.3 is 0 Å². The van der Waals surface area contributed by atoms with Gasteiger partial charge in [-0.2, -0.15) is 0 Å². The van der Waals surface area contributed by atoms with Crippen LogP contribution in [-0.2, 0) is 10.0 Å². The van der Waals surface area contributed by atoms with E-state index >= 15 is 0 Å². The van der Waals surface area contributed by atoms with Gasteiger partial charge in [-0.15, -0.1) is 0 Å². The molecule has 0 saturated heterocycles. The predicted molar refractivity (Wildman–Crippen MR) is 72.7 cm³/mol. The molecule has 0 bridgehead atoms. The molecule has 0 saturated carbocycles. The fraction of sp³-hybridized carbons (Fsp3) is 0.0769. The molecule has 0 heterocycles. The standard InChI is InChI=1S/C13H11F3N2O2S/c1-7-2-3-8(6-10(7)15)18-21(19,20)11-5-4-9(14)13(17)12(11)16/h2-6,18H,17H2,1H3. The summed E-state index contributed by atoms with van der Waals surface area (Å²) >= 11 is 0. The molecule has 112 valence electrons. The molecule has 4 nitrogen and oxygen atoms in total. The average molecular weight is 316 g/mol. The van der Waals surface area contributed by atoms with E-state index in [0.29, 0.717) is 5.56 Å². The monoisotopic (exact) mass is 316 g/mol. The number of aryl methyl sites for hydroxylation is 1. The molecule has 0 spiro atoms. The Balaban J connectivity index is 2.43. The summed E-state index contributed by atoms with van der Waals surface area (Å²) in [7, 11) is -4.35. The van der Waals surface area contributed by atoms with E-state index in [1.54, 1.807) is 0 Å². The predicted octanol–water partition coefficient (Wildman–Crippen LogP) is 2.80. The van der Waals surface area contributed by atoms with Crippen molar-refractivity contribution >= 4 is 21.4 Å². The minimum atomic E-state index is -4.35. The summed E-state index contributed by atoms with van der Waals surface area (Å²) in [5.41, 5.74) is 4.46. The summed E-state index contributed by atoms with van der Waals surface area (Å²) in [4.78, 5) is -0.817. The van der Waals surface area contributed by atoms with E-state index in [1.807, 2.05) is 4.72 Å². The van der Waals surface area contributed by atoms with Crippen molar-refractivity contribution in [3.8, 4) is 0 Å². The zero-order chi connectivity index (χ0) is 15.8. The summed E-state index contributed by atoms with van der Waals surface area (Å²) in [5, 5.41) is 0. The second-order valence-electron chi connectivity index (χ2n) is 4.34. The first kappa shape index (κ1) is 15.2. The highest BCUT2D eigenvalue weighted by atomic mass is 32.2. The largest absolute Gasteiger partial charge is 0.394 e. The maximum Gasteiger partial charge on any atom is 0.264 e. The average Bonchev–Trinajstić information content (AvgIpc) is 2.39. The lowest BCUT2D eigenvalue weighted by Crippen LogP contribution is -2.16. The summed E-state index contributed by atoms with van der Waals surface area (Å²) < 4.78 is 66.2. The van der Waals surface area contributed by atoms with Gasteiger partial charge in [0.1, 0.15) is 22.2 Å². The molecule has 0 aliphatic rings. The highest BCUT2D eigenvalue weighted by molar-refractivity contribution is 7.92. The Labute approximate surface area is 119 Å². The smallest absolute Gasteiger partial charge is 0.264 e. The van der Waals surface area contributed by atoms with Crippen molar-refractivity contribution in [1.82, 2.24) is 0 Å². The number of nitrogens with two attached hydrogens (primary N) is 1. The molecule has 0 aliphatic carbocycles. The summed E-state index contributed by atoms with van der Waals surface area (Å²) in [6, 6.07) is 5.12. The van der Waals surface area contributed by atoms with Gasteiger partial charge in [-0.05, 0) is 36.8 Å². The van der Waals surface area contributed by atoms with Crippen LogP contribution >= 0.6 is 0 Å². The molecular weight excluding hydrogens is 305 g/mol. The molecule has 0 unspecified atom stereocenters. The number of anilines is 2. The summed E-state index contributed by atoms with van der Waals surface area (Å²) in [6.07, 6.45) is 0. The van der Waals surface area contributed by atoms with Gasteiger partial charge < -0.3 is 5.73 Å². The van der Waals surface area contributed by atoms with Crippen molar-refractivity contribution in [1.29, 1.82) is 0 Å². The van der Waals surface area contributed by atoms with Gasteiger partial charge in [-0.25, -0.2) is 21.6 Å². The number of hydrogen-bond acceptors (Lipinski definition) is 3. The third-order valence-electron chi connectivity index (χ3n) is 2.80. The van der Waals surface area contributed by atoms with Crippen molar-refractivity contribution in [3.05, 3.63) is 53.3 Å². The lowest BCUT2D eigenvalue weighted by molar-refractivity contribution is 0.557. The minimum absolute atomic E-state index is 0.0830. The van der Waals surface area contributed by atoms with Gasteiger partial charge in [-0.3, -0.25) is 4.72 Å². The number of sulfonamides is 1. The Hall–Kier alpha value is -2.22. The van der Waals surface area contributed by atoms with Crippen LogP contribution in [0, 0.1) is 24.4 Å². The Morgan fingerprint density at radius 2 is 1.71 bits per heavy atom. The molecule has 21 heavy (non-hydrogen) atoms. The molecule has 0 aliphatic heterocycles. The second-order valence-corrected chi connectivity index (χ2v) is 5.99. The first-order chi connectivity index (χ1) is 9.72. The van der Waals surface area contributed by atoms with Crippen LogP contribution in [0.15, 0.2) is 35.2 Å². The van der Waals surface area contributed by atoms with E-state index < -0.39 is 38.1 Å². The molecule has 0 atom stereocenters. The number of benzene rings is 2. The van der Waals surface area contributed by atoms with Crippen LogP contribution in [0.5, 0.6) is 0 Å². The molecule has 0 aromatic heterocycles. The van der Waals surface area contributed by atoms with Crippen molar-refractivity contribution in [2.45, 2.75) is 11.8 Å². The van der Waals surface area contributed by atoms with Gasteiger partial charge in [0.15, 0.2) is 5.82 Å². The van der Waals surface area contributed by atoms with Gasteiger partial charge in [0.25, 0.3) is 10.0 Å². The third-order valence-corrected chi connectivity index (χ3v) is 4.20. The van der Waals surface area contributed by atoms with Crippen molar-refractivity contribution in [2.24, 2.45) is 0 Å². The molecular formula is C13H11F3N2O2S. The fourth-order valence-electron chi connectivity index (χ4n) is 1.62. The Morgan fingerprint density at radius 3 is 2.33 bits per heavy atom. The number of nitrogens with one attached hydrogen (secondary N) is 1. The maximum absolute atomic E-state index is 13.7. The highest BCUT2D eigenvalue weighted by Crippen LogP contribution is 2.25. The zero-order valence-electron chi connectivity index (χ0n) is 10.8. The lowest BCUT2D eigenvalue weighted by Gasteiger charge is -2.11. The van der Waals surface area contributed by atoms with Gasteiger partial charge in [-0.1, -0.05) is 6.07 Å². The number of rotatable bonds is 3. The molecule has 3 N–H and O–H groups in total. The van der Waals surface area contributed by atoms with E-state index in [4.69, 9.17) is 5.73 Å². The summed E-state index contributed by atoms with van der Waals surface area (Å²) in [6.45, 7) is 1.51. The first-order valence-electron chi connectivity index (χ1n) is 5.75. The topological polar surface area (TPSA) is 72.2 Å². The SMILES string of the molecule is Cc1ccc(NS(=O)(=O)c2ccc(F)c(N)c2F)cc1F. The van der Waals surface area contributed by atoms with Gasteiger partial charge in [0, 0.05) is 0 Å². The third kappa shape index (κ3) is 2.94. The fourth-order valence-corrected chi connectivity index (χ4v) is 2.76. The van der Waals surface area contributed by atoms with E-state index in [-0.39, 0.29) is 5.69 Å². The van der Waals surface area contributed by atoms with Crippen LogP contribution in [0.3, 0.4) is 0 Å². The number of halogens is 3. The summed E-state index contributed by atoms with van der Waals surface area (Å²) in [5.74, 6) is -3.07. The van der Waals surface area contributed by atoms with E-state index in [9.17, 15) is 21.6 Å². The number of nitrogen functional groups attached to an aromatic ring is 1. The lowest BCUT2D eigenvalue weighted by atomic mass is 10.2. The van der Waals surface area contributed by atoms with Gasteiger partial charge in [0.2, 0.25) is 0 Å². The Kier molecular flexibility index (Phi) is 3.82. The van der Waals surface area contributed by atoms with Crippen LogP contribution in [0.1, 0.15) is 5.56 Å². The zero-order valence-corrected chi connectivity index (χ0v) is 11.6.